The van der Waals surface area contributed by atoms with E-state index < -0.39 is 27.4 Å². The Kier molecular flexibility index (Phi) is 4.36. The normalized spacial score (nSPS) is 14.3. The van der Waals surface area contributed by atoms with Crippen LogP contribution < -0.4 is 10.5 Å². The highest BCUT2D eigenvalue weighted by Gasteiger charge is 2.34. The van der Waals surface area contributed by atoms with E-state index in [0.29, 0.717) is 6.54 Å². The van der Waals surface area contributed by atoms with Crippen molar-refractivity contribution in [3.8, 4) is 0 Å². The van der Waals surface area contributed by atoms with Crippen LogP contribution in [-0.4, -0.2) is 29.9 Å². The van der Waals surface area contributed by atoms with Crippen LogP contribution in [-0.2, 0) is 21.4 Å². The molecular weight excluding hydrogens is 268 g/mol. The van der Waals surface area contributed by atoms with Crippen LogP contribution in [0.4, 0.5) is 0 Å². The molecule has 0 saturated heterocycles. The fourth-order valence-corrected chi connectivity index (χ4v) is 3.23. The Morgan fingerprint density at radius 2 is 2.11 bits per heavy atom. The first-order chi connectivity index (χ1) is 8.59. The molecule has 7 nitrogen and oxygen atoms in total. The average Bonchev–Trinajstić information content (AvgIpc) is 2.72. The number of nitrogens with two attached hydrogens (primary N) is 1. The van der Waals surface area contributed by atoms with E-state index in [2.05, 4.69) is 9.71 Å². The molecule has 0 fully saturated rings. The van der Waals surface area contributed by atoms with Crippen LogP contribution in [0.3, 0.4) is 0 Å². The van der Waals surface area contributed by atoms with Crippen LogP contribution in [0, 0.1) is 5.41 Å². The maximum Gasteiger partial charge on any atom is 0.258 e. The van der Waals surface area contributed by atoms with E-state index in [9.17, 15) is 13.2 Å². The van der Waals surface area contributed by atoms with Crippen molar-refractivity contribution in [1.82, 2.24) is 14.3 Å². The number of hydrogen-bond acceptors (Lipinski definition) is 4. The zero-order valence-electron chi connectivity index (χ0n) is 11.5. The van der Waals surface area contributed by atoms with Crippen molar-refractivity contribution < 1.29 is 13.2 Å². The predicted octanol–water partition coefficient (Wildman–Crippen LogP) is 0.0813. The van der Waals surface area contributed by atoms with Gasteiger partial charge in [-0.3, -0.25) is 4.79 Å². The summed E-state index contributed by atoms with van der Waals surface area (Å²) in [4.78, 5) is 15.2. The summed E-state index contributed by atoms with van der Waals surface area (Å²) in [5.41, 5.74) is 4.65. The molecule has 0 aliphatic carbocycles. The highest BCUT2D eigenvalue weighted by atomic mass is 32.2. The number of aromatic nitrogens is 2. The summed E-state index contributed by atoms with van der Waals surface area (Å²) in [6, 6.07) is -0.988. The summed E-state index contributed by atoms with van der Waals surface area (Å²) in [5, 5.41) is 0.0190. The molecule has 1 aromatic rings. The van der Waals surface area contributed by atoms with Crippen LogP contribution in [0.25, 0.3) is 0 Å². The largest absolute Gasteiger partial charge is 0.368 e. The monoisotopic (exact) mass is 288 g/mol. The Morgan fingerprint density at radius 3 is 2.53 bits per heavy atom. The average molecular weight is 288 g/mol. The zero-order chi connectivity index (χ0) is 14.8. The van der Waals surface area contributed by atoms with Crippen molar-refractivity contribution in [2.24, 2.45) is 11.1 Å². The third-order valence-electron chi connectivity index (χ3n) is 2.71. The van der Waals surface area contributed by atoms with E-state index in [1.165, 1.54) is 17.1 Å². The van der Waals surface area contributed by atoms with Gasteiger partial charge in [0.2, 0.25) is 5.91 Å². The molecule has 0 unspecified atom stereocenters. The molecule has 0 bridgehead atoms. The van der Waals surface area contributed by atoms with Crippen molar-refractivity contribution in [2.45, 2.75) is 45.3 Å². The molecule has 108 valence electrons. The number of primary amides is 1. The minimum absolute atomic E-state index is 0.0190. The van der Waals surface area contributed by atoms with Crippen molar-refractivity contribution >= 4 is 15.9 Å². The maximum absolute atomic E-state index is 12.3. The smallest absolute Gasteiger partial charge is 0.258 e. The lowest BCUT2D eigenvalue weighted by molar-refractivity contribution is -0.121. The molecular formula is C11H20N4O3S. The Balaban J connectivity index is 3.12. The lowest BCUT2D eigenvalue weighted by Crippen LogP contribution is -2.52. The first kappa shape index (κ1) is 15.6. The lowest BCUT2D eigenvalue weighted by Gasteiger charge is -2.28. The lowest BCUT2D eigenvalue weighted by atomic mass is 9.87. The Hall–Kier alpha value is -1.41. The predicted molar refractivity (Wildman–Crippen MR) is 70.7 cm³/mol. The molecule has 19 heavy (non-hydrogen) atoms. The second-order valence-electron chi connectivity index (χ2n) is 5.34. The van der Waals surface area contributed by atoms with Gasteiger partial charge in [0.15, 0.2) is 5.03 Å². The molecule has 3 N–H and O–H groups in total. The molecule has 0 aromatic carbocycles. The van der Waals surface area contributed by atoms with Gasteiger partial charge in [-0.05, 0) is 12.3 Å². The van der Waals surface area contributed by atoms with E-state index >= 15 is 0 Å². The fraction of sp³-hybridized carbons (Fsp3) is 0.636. The van der Waals surface area contributed by atoms with Crippen molar-refractivity contribution in [1.29, 1.82) is 0 Å². The molecule has 0 aliphatic heterocycles. The number of sulfonamides is 1. The quantitative estimate of drug-likeness (QED) is 0.800. The minimum Gasteiger partial charge on any atom is -0.368 e. The molecule has 1 heterocycles. The third kappa shape index (κ3) is 3.54. The van der Waals surface area contributed by atoms with Crippen molar-refractivity contribution in [3.05, 3.63) is 12.5 Å². The summed E-state index contributed by atoms with van der Waals surface area (Å²) in [5.74, 6) is -0.710. The topological polar surface area (TPSA) is 107 Å². The maximum atomic E-state index is 12.3. The minimum atomic E-state index is -3.84. The number of imidazole rings is 1. The third-order valence-corrected chi connectivity index (χ3v) is 4.15. The Labute approximate surface area is 113 Å². The van der Waals surface area contributed by atoms with Crippen LogP contribution >= 0.6 is 0 Å². The van der Waals surface area contributed by atoms with Gasteiger partial charge in [0.05, 0.1) is 12.5 Å². The summed E-state index contributed by atoms with van der Waals surface area (Å²) in [7, 11) is -3.84. The highest BCUT2D eigenvalue weighted by molar-refractivity contribution is 7.89. The number of nitrogens with one attached hydrogen (secondary N) is 1. The number of carbonyl (C=O) groups is 1. The molecule has 1 rings (SSSR count). The second-order valence-corrected chi connectivity index (χ2v) is 7.00. The molecule has 1 aromatic heterocycles. The van der Waals surface area contributed by atoms with Crippen molar-refractivity contribution in [3.63, 3.8) is 0 Å². The fourth-order valence-electron chi connectivity index (χ4n) is 1.65. The van der Waals surface area contributed by atoms with E-state index in [1.807, 2.05) is 0 Å². The van der Waals surface area contributed by atoms with Crippen molar-refractivity contribution in [2.75, 3.05) is 0 Å². The first-order valence-electron chi connectivity index (χ1n) is 5.91. The van der Waals surface area contributed by atoms with Gasteiger partial charge in [-0.15, -0.1) is 0 Å². The number of carbonyl (C=O) groups excluding carboxylic acids is 1. The van der Waals surface area contributed by atoms with Gasteiger partial charge in [-0.25, -0.2) is 13.4 Å². The summed E-state index contributed by atoms with van der Waals surface area (Å²) >= 11 is 0. The van der Waals surface area contributed by atoms with Gasteiger partial charge < -0.3 is 10.3 Å². The van der Waals surface area contributed by atoms with Gasteiger partial charge in [0.25, 0.3) is 10.0 Å². The van der Waals surface area contributed by atoms with Gasteiger partial charge in [0, 0.05) is 6.54 Å². The molecule has 1 amide bonds. The molecule has 0 radical (unpaired) electrons. The van der Waals surface area contributed by atoms with Crippen LogP contribution in [0.1, 0.15) is 27.7 Å². The highest BCUT2D eigenvalue weighted by Crippen LogP contribution is 2.21. The van der Waals surface area contributed by atoms with E-state index in [0.717, 1.165) is 0 Å². The summed E-state index contributed by atoms with van der Waals surface area (Å²) in [6.07, 6.45) is 2.66. The second kappa shape index (κ2) is 5.30. The van der Waals surface area contributed by atoms with Crippen LogP contribution in [0.15, 0.2) is 17.6 Å². The van der Waals surface area contributed by atoms with Gasteiger partial charge in [0.1, 0.15) is 6.04 Å². The van der Waals surface area contributed by atoms with E-state index in [4.69, 9.17) is 5.73 Å². The number of hydrogen-bond donors (Lipinski definition) is 2. The summed E-state index contributed by atoms with van der Waals surface area (Å²) in [6.45, 7) is 7.48. The number of aryl methyl sites for hydroxylation is 1. The summed E-state index contributed by atoms with van der Waals surface area (Å²) < 4.78 is 28.3. The first-order valence-corrected chi connectivity index (χ1v) is 7.39. The van der Waals surface area contributed by atoms with Crippen LogP contribution in [0.2, 0.25) is 0 Å². The number of nitrogens with zero attached hydrogens (tertiary/aromatic N) is 2. The van der Waals surface area contributed by atoms with Gasteiger partial charge in [-0.2, -0.15) is 4.72 Å². The number of rotatable bonds is 5. The Morgan fingerprint density at radius 1 is 1.53 bits per heavy atom. The SMILES string of the molecule is CCn1cncc1S(=O)(=O)N[C@H](C(N)=O)C(C)(C)C. The molecule has 0 saturated carbocycles. The van der Waals surface area contributed by atoms with E-state index in [1.54, 1.807) is 27.7 Å². The zero-order valence-corrected chi connectivity index (χ0v) is 12.4. The number of amides is 1. The van der Waals surface area contributed by atoms with Crippen LogP contribution in [0.5, 0.6) is 0 Å². The van der Waals surface area contributed by atoms with Gasteiger partial charge >= 0.3 is 0 Å². The Bertz CT molecular complexity index is 557. The van der Waals surface area contributed by atoms with E-state index in [-0.39, 0.29) is 5.03 Å². The molecule has 1 atom stereocenters. The standard InChI is InChI=1S/C11H20N4O3S/c1-5-15-7-13-6-8(15)19(17,18)14-9(10(12)16)11(2,3)4/h6-7,9,14H,5H2,1-4H3,(H2,12,16)/t9-/m1/s1. The molecule has 8 heteroatoms. The van der Waals surface area contributed by atoms with Gasteiger partial charge in [-0.1, -0.05) is 20.8 Å². The molecule has 0 spiro atoms. The molecule has 0 aliphatic rings.